The molecule has 0 rings (SSSR count). The van der Waals surface area contributed by atoms with Gasteiger partial charge < -0.3 is 0 Å². The van der Waals surface area contributed by atoms with E-state index in [0.29, 0.717) is 0 Å². The first-order valence-electron chi connectivity index (χ1n) is 8.19. The molecule has 0 aromatic carbocycles. The molecule has 0 amide bonds. The second kappa shape index (κ2) is 10.6. The second-order valence-corrected chi connectivity index (χ2v) is 6.33. The van der Waals surface area contributed by atoms with Gasteiger partial charge in [-0.25, -0.2) is 0 Å². The summed E-state index contributed by atoms with van der Waals surface area (Å²) in [5, 5.41) is 0. The van der Waals surface area contributed by atoms with E-state index in [1.165, 1.54) is 38.5 Å². The van der Waals surface area contributed by atoms with Gasteiger partial charge in [-0.2, -0.15) is 0 Å². The van der Waals surface area contributed by atoms with Crippen LogP contribution in [0.2, 0.25) is 0 Å². The molecule has 0 heteroatoms. The van der Waals surface area contributed by atoms with Crippen LogP contribution in [0.4, 0.5) is 0 Å². The van der Waals surface area contributed by atoms with E-state index < -0.39 is 0 Å². The Morgan fingerprint density at radius 1 is 0.833 bits per heavy atom. The van der Waals surface area contributed by atoms with Crippen LogP contribution < -0.4 is 0 Å². The van der Waals surface area contributed by atoms with Crippen LogP contribution in [0.5, 0.6) is 0 Å². The summed E-state index contributed by atoms with van der Waals surface area (Å²) in [4.78, 5) is 0. The molecular formula is C18H36. The number of hydrogen-bond donors (Lipinski definition) is 0. The van der Waals surface area contributed by atoms with Crippen LogP contribution in [0.25, 0.3) is 0 Å². The molecule has 0 aliphatic heterocycles. The van der Waals surface area contributed by atoms with Crippen LogP contribution in [0.1, 0.15) is 80.1 Å². The predicted molar refractivity (Wildman–Crippen MR) is 84.8 cm³/mol. The molecule has 0 heterocycles. The van der Waals surface area contributed by atoms with Crippen molar-refractivity contribution in [3.63, 3.8) is 0 Å². The molecule has 0 nitrogen and oxygen atoms in total. The average molecular weight is 252 g/mol. The van der Waals surface area contributed by atoms with Gasteiger partial charge in [0.05, 0.1) is 0 Å². The fraction of sp³-hybridized carbons (Fsp3) is 0.889. The normalized spacial score (nSPS) is 15.8. The first kappa shape index (κ1) is 17.7. The minimum atomic E-state index is 0.816. The molecule has 2 unspecified atom stereocenters. The van der Waals surface area contributed by atoms with Crippen LogP contribution in [0.3, 0.4) is 0 Å². The summed E-state index contributed by atoms with van der Waals surface area (Å²) >= 11 is 0. The Bertz CT molecular complexity index is 196. The van der Waals surface area contributed by atoms with Crippen molar-refractivity contribution >= 4 is 0 Å². The van der Waals surface area contributed by atoms with Crippen LogP contribution in [-0.4, -0.2) is 0 Å². The Kier molecular flexibility index (Phi) is 10.5. The first-order valence-corrected chi connectivity index (χ1v) is 8.19. The minimum absolute atomic E-state index is 0.816. The Morgan fingerprint density at radius 2 is 1.39 bits per heavy atom. The minimum Gasteiger partial charge on any atom is -0.0914 e. The Balaban J connectivity index is 4.41. The number of hydrogen-bond acceptors (Lipinski definition) is 0. The van der Waals surface area contributed by atoms with E-state index in [0.717, 1.165) is 23.7 Å². The number of rotatable bonds is 10. The second-order valence-electron chi connectivity index (χ2n) is 6.33. The van der Waals surface area contributed by atoms with Crippen molar-refractivity contribution in [1.82, 2.24) is 0 Å². The summed E-state index contributed by atoms with van der Waals surface area (Å²) in [6.45, 7) is 13.9. The molecule has 0 saturated heterocycles. The summed E-state index contributed by atoms with van der Waals surface area (Å²) in [5.41, 5.74) is 0. The monoisotopic (exact) mass is 252 g/mol. The lowest BCUT2D eigenvalue weighted by atomic mass is 9.79. The average Bonchev–Trinajstić information content (AvgIpc) is 2.33. The van der Waals surface area contributed by atoms with Crippen LogP contribution in [0.15, 0.2) is 12.2 Å². The van der Waals surface area contributed by atoms with E-state index >= 15 is 0 Å². The lowest BCUT2D eigenvalue weighted by molar-refractivity contribution is 0.284. The first-order chi connectivity index (χ1) is 8.56. The van der Waals surface area contributed by atoms with Gasteiger partial charge in [-0.05, 0) is 43.4 Å². The largest absolute Gasteiger partial charge is 0.0914 e. The lowest BCUT2D eigenvalue weighted by Crippen LogP contribution is -2.15. The Morgan fingerprint density at radius 3 is 1.78 bits per heavy atom. The van der Waals surface area contributed by atoms with Gasteiger partial charge in [0.1, 0.15) is 0 Å². The molecule has 0 saturated carbocycles. The predicted octanol–water partition coefficient (Wildman–Crippen LogP) is 6.47. The highest BCUT2D eigenvalue weighted by molar-refractivity contribution is 4.89. The van der Waals surface area contributed by atoms with Gasteiger partial charge in [0.2, 0.25) is 0 Å². The molecule has 0 aromatic heterocycles. The molecular weight excluding hydrogens is 216 g/mol. The summed E-state index contributed by atoms with van der Waals surface area (Å²) in [5.74, 6) is 3.42. The lowest BCUT2D eigenvalue weighted by Gasteiger charge is -2.26. The van der Waals surface area contributed by atoms with Gasteiger partial charge in [0.15, 0.2) is 0 Å². The summed E-state index contributed by atoms with van der Waals surface area (Å²) in [7, 11) is 0. The third kappa shape index (κ3) is 7.24. The zero-order valence-corrected chi connectivity index (χ0v) is 13.7. The zero-order valence-electron chi connectivity index (χ0n) is 13.7. The van der Waals surface area contributed by atoms with Crippen LogP contribution in [0, 0.1) is 23.7 Å². The van der Waals surface area contributed by atoms with Gasteiger partial charge in [-0.3, -0.25) is 0 Å². The number of allylic oxidation sites excluding steroid dienone is 2. The van der Waals surface area contributed by atoms with E-state index in [9.17, 15) is 0 Å². The topological polar surface area (TPSA) is 0 Å². The summed E-state index contributed by atoms with van der Waals surface area (Å²) < 4.78 is 0. The molecule has 0 spiro atoms. The van der Waals surface area contributed by atoms with Crippen molar-refractivity contribution in [2.45, 2.75) is 80.1 Å². The van der Waals surface area contributed by atoms with E-state index in [2.05, 4.69) is 53.7 Å². The molecule has 0 fully saturated rings. The van der Waals surface area contributed by atoms with E-state index in [4.69, 9.17) is 0 Å². The molecule has 0 aromatic rings. The molecule has 0 N–H and O–H groups in total. The van der Waals surface area contributed by atoms with Crippen molar-refractivity contribution in [3.8, 4) is 0 Å². The van der Waals surface area contributed by atoms with Crippen LogP contribution in [-0.2, 0) is 0 Å². The van der Waals surface area contributed by atoms with E-state index in [-0.39, 0.29) is 0 Å². The smallest absolute Gasteiger partial charge is 0.0205 e. The third-order valence-corrected chi connectivity index (χ3v) is 4.46. The molecule has 18 heavy (non-hydrogen) atoms. The van der Waals surface area contributed by atoms with E-state index in [1.54, 1.807) is 0 Å². The quantitative estimate of drug-likeness (QED) is 0.391. The molecule has 0 aliphatic rings. The van der Waals surface area contributed by atoms with Crippen LogP contribution >= 0.6 is 0 Å². The maximum Gasteiger partial charge on any atom is -0.0205 e. The zero-order chi connectivity index (χ0) is 14.0. The highest BCUT2D eigenvalue weighted by Gasteiger charge is 2.19. The van der Waals surface area contributed by atoms with E-state index in [1.807, 2.05) is 0 Å². The molecule has 0 radical (unpaired) electrons. The van der Waals surface area contributed by atoms with Crippen molar-refractivity contribution in [1.29, 1.82) is 0 Å². The molecule has 2 atom stereocenters. The van der Waals surface area contributed by atoms with Crippen molar-refractivity contribution in [2.75, 3.05) is 0 Å². The highest BCUT2D eigenvalue weighted by atomic mass is 14.2. The van der Waals surface area contributed by atoms with Gasteiger partial charge in [0.25, 0.3) is 0 Å². The molecule has 0 aliphatic carbocycles. The molecule has 108 valence electrons. The fourth-order valence-corrected chi connectivity index (χ4v) is 2.84. The standard InChI is InChI=1S/C18H36/c1-7-10-17(11-8-2)18(12-9-3)14-13-16(6)15(4)5/h9,12,15-18H,7-8,10-11,13-14H2,1-6H3. The highest BCUT2D eigenvalue weighted by Crippen LogP contribution is 2.30. The van der Waals surface area contributed by atoms with Gasteiger partial charge >= 0.3 is 0 Å². The SMILES string of the molecule is CC=CC(CCC(C)C(C)C)C(CCC)CCC. The van der Waals surface area contributed by atoms with Crippen molar-refractivity contribution in [3.05, 3.63) is 12.2 Å². The van der Waals surface area contributed by atoms with Gasteiger partial charge in [-0.15, -0.1) is 0 Å². The maximum atomic E-state index is 2.48. The van der Waals surface area contributed by atoms with Gasteiger partial charge in [-0.1, -0.05) is 72.5 Å². The summed E-state index contributed by atoms with van der Waals surface area (Å²) in [6, 6.07) is 0. The van der Waals surface area contributed by atoms with Crippen molar-refractivity contribution < 1.29 is 0 Å². The molecule has 0 bridgehead atoms. The maximum absolute atomic E-state index is 2.48. The van der Waals surface area contributed by atoms with Crippen molar-refractivity contribution in [2.24, 2.45) is 23.7 Å². The Labute approximate surface area is 116 Å². The summed E-state index contributed by atoms with van der Waals surface area (Å²) in [6.07, 6.45) is 13.0. The fourth-order valence-electron chi connectivity index (χ4n) is 2.84. The Hall–Kier alpha value is -0.260. The van der Waals surface area contributed by atoms with Gasteiger partial charge in [0, 0.05) is 0 Å². The third-order valence-electron chi connectivity index (χ3n) is 4.46.